The highest BCUT2D eigenvalue weighted by molar-refractivity contribution is 5.81. The van der Waals surface area contributed by atoms with E-state index < -0.39 is 10.7 Å². The highest BCUT2D eigenvalue weighted by Gasteiger charge is 2.18. The van der Waals surface area contributed by atoms with Crippen LogP contribution in [0.3, 0.4) is 0 Å². The van der Waals surface area contributed by atoms with Gasteiger partial charge in [-0.05, 0) is 12.5 Å². The fraction of sp³-hybridized carbons (Fsp3) is 0.364. The lowest BCUT2D eigenvalue weighted by Crippen LogP contribution is -2.33. The molecule has 0 atom stereocenters. The molecule has 7 heteroatoms. The Morgan fingerprint density at radius 3 is 2.89 bits per heavy atom. The molecule has 1 aromatic carbocycles. The number of nitro groups is 1. The van der Waals surface area contributed by atoms with Crippen LogP contribution in [-0.2, 0) is 4.79 Å². The normalized spacial score (nSPS) is 16.1. The number of non-ortho nitro benzene ring substituents is 1. The molecule has 0 spiro atoms. The standard InChI is InChI=1S/C11H12FN3O3/c12-8-4-9(6-10(5-8)15(17)18)14-3-1-2-13-11(16)7-14/h4-6H,1-3,7H2,(H,13,16). The van der Waals surface area contributed by atoms with E-state index in [1.165, 1.54) is 12.1 Å². The summed E-state index contributed by atoms with van der Waals surface area (Å²) in [5.74, 6) is -0.844. The van der Waals surface area contributed by atoms with Gasteiger partial charge in [0, 0.05) is 24.8 Å². The Hall–Kier alpha value is -2.18. The number of halogens is 1. The minimum atomic E-state index is -0.677. The summed E-state index contributed by atoms with van der Waals surface area (Å²) >= 11 is 0. The van der Waals surface area contributed by atoms with Gasteiger partial charge in [0.05, 0.1) is 17.5 Å². The van der Waals surface area contributed by atoms with Gasteiger partial charge in [-0.15, -0.1) is 0 Å². The molecule has 1 N–H and O–H groups in total. The molecule has 96 valence electrons. The van der Waals surface area contributed by atoms with Crippen LogP contribution < -0.4 is 10.2 Å². The Labute approximate surface area is 103 Å². The van der Waals surface area contributed by atoms with E-state index in [1.54, 1.807) is 4.90 Å². The van der Waals surface area contributed by atoms with Crippen LogP contribution in [0.1, 0.15) is 6.42 Å². The molecule has 0 saturated carbocycles. The Kier molecular flexibility index (Phi) is 3.40. The Morgan fingerprint density at radius 2 is 2.17 bits per heavy atom. The smallest absolute Gasteiger partial charge is 0.274 e. The minimum absolute atomic E-state index is 0.0839. The van der Waals surface area contributed by atoms with Crippen molar-refractivity contribution < 1.29 is 14.1 Å². The summed E-state index contributed by atoms with van der Waals surface area (Å²) in [7, 11) is 0. The molecular weight excluding hydrogens is 241 g/mol. The molecule has 6 nitrogen and oxygen atoms in total. The number of nitrogens with zero attached hydrogens (tertiary/aromatic N) is 2. The molecule has 1 aliphatic rings. The zero-order chi connectivity index (χ0) is 13.1. The van der Waals surface area contributed by atoms with Gasteiger partial charge in [-0.1, -0.05) is 0 Å². The second-order valence-electron chi connectivity index (χ2n) is 4.05. The third kappa shape index (κ3) is 2.73. The first-order valence-corrected chi connectivity index (χ1v) is 5.53. The predicted molar refractivity (Wildman–Crippen MR) is 62.9 cm³/mol. The third-order valence-corrected chi connectivity index (χ3v) is 2.70. The monoisotopic (exact) mass is 253 g/mol. The number of benzene rings is 1. The lowest BCUT2D eigenvalue weighted by atomic mass is 10.2. The van der Waals surface area contributed by atoms with E-state index in [-0.39, 0.29) is 18.1 Å². The van der Waals surface area contributed by atoms with Crippen molar-refractivity contribution in [2.24, 2.45) is 0 Å². The van der Waals surface area contributed by atoms with E-state index in [0.717, 1.165) is 12.5 Å². The third-order valence-electron chi connectivity index (χ3n) is 2.70. The Morgan fingerprint density at radius 1 is 1.39 bits per heavy atom. The fourth-order valence-corrected chi connectivity index (χ4v) is 1.87. The maximum absolute atomic E-state index is 13.3. The van der Waals surface area contributed by atoms with Gasteiger partial charge in [0.15, 0.2) is 0 Å². The van der Waals surface area contributed by atoms with Crippen LogP contribution in [0.4, 0.5) is 15.8 Å². The average Bonchev–Trinajstić information content (AvgIpc) is 2.53. The molecule has 1 saturated heterocycles. The van der Waals surface area contributed by atoms with Gasteiger partial charge < -0.3 is 10.2 Å². The number of anilines is 1. The van der Waals surface area contributed by atoms with E-state index in [4.69, 9.17) is 0 Å². The molecule has 0 aliphatic carbocycles. The molecule has 18 heavy (non-hydrogen) atoms. The fourth-order valence-electron chi connectivity index (χ4n) is 1.87. The number of nitro benzene ring substituents is 1. The zero-order valence-electron chi connectivity index (χ0n) is 9.56. The molecule has 0 bridgehead atoms. The van der Waals surface area contributed by atoms with Crippen molar-refractivity contribution >= 4 is 17.3 Å². The molecule has 1 aliphatic heterocycles. The maximum Gasteiger partial charge on any atom is 0.274 e. The van der Waals surface area contributed by atoms with Crippen LogP contribution in [0.25, 0.3) is 0 Å². The predicted octanol–water partition coefficient (Wildman–Crippen LogP) is 1.06. The minimum Gasteiger partial charge on any atom is -0.362 e. The molecule has 2 rings (SSSR count). The number of amides is 1. The van der Waals surface area contributed by atoms with Crippen LogP contribution in [0.2, 0.25) is 0 Å². The molecule has 1 fully saturated rings. The van der Waals surface area contributed by atoms with Crippen LogP contribution in [0.15, 0.2) is 18.2 Å². The highest BCUT2D eigenvalue weighted by Crippen LogP contribution is 2.23. The van der Waals surface area contributed by atoms with Gasteiger partial charge >= 0.3 is 0 Å². The van der Waals surface area contributed by atoms with Crippen molar-refractivity contribution in [2.75, 3.05) is 24.5 Å². The number of carbonyl (C=O) groups is 1. The number of hydrogen-bond acceptors (Lipinski definition) is 4. The van der Waals surface area contributed by atoms with Gasteiger partial charge in [0.1, 0.15) is 5.82 Å². The van der Waals surface area contributed by atoms with Gasteiger partial charge in [-0.3, -0.25) is 14.9 Å². The first-order valence-electron chi connectivity index (χ1n) is 5.53. The SMILES string of the molecule is O=C1CN(c2cc(F)cc([N+](=O)[O-])c2)CCCN1. The summed E-state index contributed by atoms with van der Waals surface area (Å²) < 4.78 is 13.3. The van der Waals surface area contributed by atoms with Crippen LogP contribution in [0, 0.1) is 15.9 Å². The first-order chi connectivity index (χ1) is 8.56. The van der Waals surface area contributed by atoms with Crippen molar-refractivity contribution in [3.8, 4) is 0 Å². The van der Waals surface area contributed by atoms with Crippen molar-refractivity contribution in [3.63, 3.8) is 0 Å². The molecule has 0 aromatic heterocycles. The Balaban J connectivity index is 2.31. The summed E-state index contributed by atoms with van der Waals surface area (Å²) in [4.78, 5) is 23.0. The summed E-state index contributed by atoms with van der Waals surface area (Å²) in [6.45, 7) is 1.20. The van der Waals surface area contributed by atoms with Crippen LogP contribution in [-0.4, -0.2) is 30.5 Å². The number of rotatable bonds is 2. The lowest BCUT2D eigenvalue weighted by molar-refractivity contribution is -0.385. The summed E-state index contributed by atoms with van der Waals surface area (Å²) in [6, 6.07) is 3.34. The van der Waals surface area contributed by atoms with Crippen molar-refractivity contribution in [1.29, 1.82) is 0 Å². The molecule has 0 radical (unpaired) electrons. The van der Waals surface area contributed by atoms with E-state index in [2.05, 4.69) is 5.32 Å². The molecule has 1 amide bonds. The van der Waals surface area contributed by atoms with Crippen molar-refractivity contribution in [2.45, 2.75) is 6.42 Å². The number of nitrogens with one attached hydrogen (secondary N) is 1. The molecular formula is C11H12FN3O3. The van der Waals surface area contributed by atoms with Crippen LogP contribution in [0.5, 0.6) is 0 Å². The van der Waals surface area contributed by atoms with Gasteiger partial charge in [0.2, 0.25) is 5.91 Å². The first kappa shape index (κ1) is 12.3. The second-order valence-corrected chi connectivity index (χ2v) is 4.05. The van der Waals surface area contributed by atoms with E-state index in [0.29, 0.717) is 18.8 Å². The molecule has 0 unspecified atom stereocenters. The maximum atomic E-state index is 13.3. The zero-order valence-corrected chi connectivity index (χ0v) is 9.56. The van der Waals surface area contributed by atoms with E-state index >= 15 is 0 Å². The number of hydrogen-bond donors (Lipinski definition) is 1. The van der Waals surface area contributed by atoms with Gasteiger partial charge in [-0.2, -0.15) is 0 Å². The van der Waals surface area contributed by atoms with Crippen molar-refractivity contribution in [1.82, 2.24) is 5.32 Å². The highest BCUT2D eigenvalue weighted by atomic mass is 19.1. The van der Waals surface area contributed by atoms with Gasteiger partial charge in [-0.25, -0.2) is 4.39 Å². The van der Waals surface area contributed by atoms with Crippen molar-refractivity contribution in [3.05, 3.63) is 34.1 Å². The largest absolute Gasteiger partial charge is 0.362 e. The van der Waals surface area contributed by atoms with Crippen LogP contribution >= 0.6 is 0 Å². The summed E-state index contributed by atoms with van der Waals surface area (Å²) in [6.07, 6.45) is 0.718. The van der Waals surface area contributed by atoms with Gasteiger partial charge in [0.25, 0.3) is 5.69 Å². The van der Waals surface area contributed by atoms with E-state index in [1.807, 2.05) is 0 Å². The summed E-state index contributed by atoms with van der Waals surface area (Å²) in [5, 5.41) is 13.3. The second kappa shape index (κ2) is 4.99. The quantitative estimate of drug-likeness (QED) is 0.631. The Bertz CT molecular complexity index is 492. The topological polar surface area (TPSA) is 75.5 Å². The average molecular weight is 253 g/mol. The number of carbonyl (C=O) groups excluding carboxylic acids is 1. The van der Waals surface area contributed by atoms with E-state index in [9.17, 15) is 19.3 Å². The molecule has 1 heterocycles. The molecule has 1 aromatic rings. The lowest BCUT2D eigenvalue weighted by Gasteiger charge is -2.20. The summed E-state index contributed by atoms with van der Waals surface area (Å²) in [5.41, 5.74) is 0.0494.